The van der Waals surface area contributed by atoms with Gasteiger partial charge in [0.25, 0.3) is 0 Å². The molecule has 2 aliphatic rings. The smallest absolute Gasteiger partial charge is 0.239 e. The second-order valence-electron chi connectivity index (χ2n) is 7.61. The zero-order valence-corrected chi connectivity index (χ0v) is 14.4. The molecule has 0 heterocycles. The van der Waals surface area contributed by atoms with Gasteiger partial charge in [-0.05, 0) is 49.4 Å². The van der Waals surface area contributed by atoms with E-state index in [2.05, 4.69) is 5.32 Å². The van der Waals surface area contributed by atoms with E-state index in [4.69, 9.17) is 0 Å². The van der Waals surface area contributed by atoms with Gasteiger partial charge < -0.3 is 5.32 Å². The molecule has 0 saturated heterocycles. The zero-order valence-electron chi connectivity index (χ0n) is 14.4. The Morgan fingerprint density at radius 3 is 2.00 bits per heavy atom. The fourth-order valence-electron chi connectivity index (χ4n) is 4.30. The van der Waals surface area contributed by atoms with E-state index >= 15 is 0 Å². The maximum absolute atomic E-state index is 13.0. The van der Waals surface area contributed by atoms with E-state index in [0.717, 1.165) is 0 Å². The summed E-state index contributed by atoms with van der Waals surface area (Å²) in [5.41, 5.74) is -1.75. The van der Waals surface area contributed by atoms with Gasteiger partial charge >= 0.3 is 0 Å². The molecule has 2 fully saturated rings. The van der Waals surface area contributed by atoms with Gasteiger partial charge in [0.15, 0.2) is 5.78 Å². The van der Waals surface area contributed by atoms with E-state index in [-0.39, 0.29) is 5.78 Å². The van der Waals surface area contributed by atoms with Gasteiger partial charge in [0.2, 0.25) is 17.5 Å². The van der Waals surface area contributed by atoms with Gasteiger partial charge in [0.1, 0.15) is 5.41 Å². The third-order valence-electron chi connectivity index (χ3n) is 6.48. The van der Waals surface area contributed by atoms with Crippen LogP contribution in [0.2, 0.25) is 0 Å². The number of Topliss-reactive ketones (excluding diaryl/α,β-unsaturated/α-hetero) is 3. The molecule has 2 saturated carbocycles. The van der Waals surface area contributed by atoms with Crippen molar-refractivity contribution in [1.82, 2.24) is 0 Å². The van der Waals surface area contributed by atoms with E-state index in [1.165, 1.54) is 6.92 Å². The van der Waals surface area contributed by atoms with Crippen LogP contribution in [0.3, 0.4) is 0 Å². The molecule has 2 atom stereocenters. The van der Waals surface area contributed by atoms with Crippen LogP contribution in [-0.4, -0.2) is 23.3 Å². The first kappa shape index (κ1) is 16.6. The summed E-state index contributed by atoms with van der Waals surface area (Å²) in [6, 6.07) is 6.52. The molecule has 3 rings (SSSR count). The van der Waals surface area contributed by atoms with Crippen LogP contribution < -0.4 is 5.32 Å². The number of rotatable bonds is 3. The highest BCUT2D eigenvalue weighted by Gasteiger charge is 2.77. The van der Waals surface area contributed by atoms with Gasteiger partial charge in [-0.3, -0.25) is 19.2 Å². The minimum absolute atomic E-state index is 0.0595. The molecule has 0 unspecified atom stereocenters. The number of hydrogen-bond acceptors (Lipinski definition) is 4. The van der Waals surface area contributed by atoms with Gasteiger partial charge in [-0.2, -0.15) is 0 Å². The molecule has 1 N–H and O–H groups in total. The van der Waals surface area contributed by atoms with Crippen molar-refractivity contribution in [2.24, 2.45) is 16.2 Å². The quantitative estimate of drug-likeness (QED) is 0.526. The number of carbonyl (C=O) groups excluding carboxylic acids is 4. The van der Waals surface area contributed by atoms with Gasteiger partial charge in [-0.15, -0.1) is 0 Å². The number of benzene rings is 1. The number of ketones is 3. The largest absolute Gasteiger partial charge is 0.325 e. The second-order valence-corrected chi connectivity index (χ2v) is 7.61. The maximum atomic E-state index is 13.0. The number of amides is 1. The molecule has 5 nitrogen and oxygen atoms in total. The van der Waals surface area contributed by atoms with Crippen LogP contribution in [-0.2, 0) is 14.4 Å². The highest BCUT2D eigenvalue weighted by molar-refractivity contribution is 6.49. The molecule has 0 aliphatic heterocycles. The van der Waals surface area contributed by atoms with Crippen LogP contribution in [0.5, 0.6) is 0 Å². The first-order valence-electron chi connectivity index (χ1n) is 8.09. The SMILES string of the molecule is CC(=O)c1ccc(NC(=O)[C@@]23CC[C@@](C)(C(=O)C2=O)C3(C)C)cc1. The molecule has 2 aliphatic carbocycles. The molecule has 2 bridgehead atoms. The number of anilines is 1. The Hall–Kier alpha value is -2.30. The number of fused-ring (bicyclic) bond motifs is 2. The monoisotopic (exact) mass is 327 g/mol. The van der Waals surface area contributed by atoms with E-state index in [0.29, 0.717) is 24.1 Å². The standard InChI is InChI=1S/C19H21NO4/c1-11(21)12-5-7-13(8-6-12)20-16(24)19-10-9-18(4,17(19,2)3)14(22)15(19)23/h5-8H,9-10H2,1-4H3,(H,20,24)/t18-,19+/m0/s1. The van der Waals surface area contributed by atoms with Gasteiger partial charge in [-0.25, -0.2) is 0 Å². The van der Waals surface area contributed by atoms with Crippen molar-refractivity contribution < 1.29 is 19.2 Å². The number of carbonyl (C=O) groups is 4. The fraction of sp³-hybridized carbons (Fsp3) is 0.474. The van der Waals surface area contributed by atoms with E-state index in [1.807, 2.05) is 13.8 Å². The van der Waals surface area contributed by atoms with Gasteiger partial charge in [0, 0.05) is 16.7 Å². The summed E-state index contributed by atoms with van der Waals surface area (Å²) in [6.45, 7) is 6.93. The summed E-state index contributed by atoms with van der Waals surface area (Å²) in [5.74, 6) is -1.49. The summed E-state index contributed by atoms with van der Waals surface area (Å²) in [5, 5.41) is 2.77. The fourth-order valence-corrected chi connectivity index (χ4v) is 4.30. The molecule has 1 aromatic rings. The molecule has 24 heavy (non-hydrogen) atoms. The molecular weight excluding hydrogens is 306 g/mol. The van der Waals surface area contributed by atoms with Crippen molar-refractivity contribution in [2.75, 3.05) is 5.32 Å². The van der Waals surface area contributed by atoms with Crippen molar-refractivity contribution in [1.29, 1.82) is 0 Å². The molecule has 0 radical (unpaired) electrons. The molecule has 0 aromatic heterocycles. The summed E-state index contributed by atoms with van der Waals surface area (Å²) in [6.07, 6.45) is 0.930. The predicted octanol–water partition coefficient (Wildman–Crippen LogP) is 2.79. The predicted molar refractivity (Wildman–Crippen MR) is 88.6 cm³/mol. The maximum Gasteiger partial charge on any atom is 0.239 e. The van der Waals surface area contributed by atoms with Crippen molar-refractivity contribution >= 4 is 28.9 Å². The topological polar surface area (TPSA) is 80.3 Å². The van der Waals surface area contributed by atoms with Crippen molar-refractivity contribution in [2.45, 2.75) is 40.5 Å². The minimum Gasteiger partial charge on any atom is -0.325 e. The van der Waals surface area contributed by atoms with Crippen LogP contribution in [0.15, 0.2) is 24.3 Å². The highest BCUT2D eigenvalue weighted by Crippen LogP contribution is 2.69. The lowest BCUT2D eigenvalue weighted by molar-refractivity contribution is -0.147. The Morgan fingerprint density at radius 2 is 1.54 bits per heavy atom. The van der Waals surface area contributed by atoms with Crippen molar-refractivity contribution in [3.8, 4) is 0 Å². The second kappa shape index (κ2) is 4.85. The summed E-state index contributed by atoms with van der Waals surface area (Å²) in [7, 11) is 0. The van der Waals surface area contributed by atoms with Crippen LogP contribution in [0.1, 0.15) is 50.9 Å². The number of nitrogens with one attached hydrogen (secondary N) is 1. The van der Waals surface area contributed by atoms with Crippen LogP contribution in [0.4, 0.5) is 5.69 Å². The van der Waals surface area contributed by atoms with E-state index < -0.39 is 33.7 Å². The first-order chi connectivity index (χ1) is 11.1. The Balaban J connectivity index is 1.94. The molecule has 1 amide bonds. The Labute approximate surface area is 140 Å². The highest BCUT2D eigenvalue weighted by atomic mass is 16.2. The molecule has 0 spiro atoms. The lowest BCUT2D eigenvalue weighted by Crippen LogP contribution is -2.47. The minimum atomic E-state index is -1.31. The van der Waals surface area contributed by atoms with Crippen molar-refractivity contribution in [3.63, 3.8) is 0 Å². The third-order valence-corrected chi connectivity index (χ3v) is 6.48. The van der Waals surface area contributed by atoms with Crippen molar-refractivity contribution in [3.05, 3.63) is 29.8 Å². The average Bonchev–Trinajstić information content (AvgIpc) is 2.80. The zero-order chi connectivity index (χ0) is 17.9. The lowest BCUT2D eigenvalue weighted by Gasteiger charge is -2.37. The van der Waals surface area contributed by atoms with Gasteiger partial charge in [0.05, 0.1) is 0 Å². The van der Waals surface area contributed by atoms with Gasteiger partial charge in [-0.1, -0.05) is 20.8 Å². The Kier molecular flexibility index (Phi) is 3.35. The van der Waals surface area contributed by atoms with Crippen LogP contribution in [0, 0.1) is 16.2 Å². The van der Waals surface area contributed by atoms with Crippen LogP contribution in [0.25, 0.3) is 0 Å². The molecule has 5 heteroatoms. The Morgan fingerprint density at radius 1 is 0.958 bits per heavy atom. The molecular formula is C19H21NO4. The first-order valence-corrected chi connectivity index (χ1v) is 8.09. The van der Waals surface area contributed by atoms with Crippen LogP contribution >= 0.6 is 0 Å². The van der Waals surface area contributed by atoms with E-state index in [1.54, 1.807) is 31.2 Å². The Bertz CT molecular complexity index is 777. The molecule has 1 aromatic carbocycles. The summed E-state index contributed by atoms with van der Waals surface area (Å²) in [4.78, 5) is 49.3. The normalized spacial score (nSPS) is 30.5. The lowest BCUT2D eigenvalue weighted by atomic mass is 9.64. The third kappa shape index (κ3) is 1.75. The summed E-state index contributed by atoms with van der Waals surface area (Å²) >= 11 is 0. The molecule has 126 valence electrons. The summed E-state index contributed by atoms with van der Waals surface area (Å²) < 4.78 is 0. The number of hydrogen-bond donors (Lipinski definition) is 1. The average molecular weight is 327 g/mol. The van der Waals surface area contributed by atoms with E-state index in [9.17, 15) is 19.2 Å².